The second-order valence-electron chi connectivity index (χ2n) is 3.67. The van der Waals surface area contributed by atoms with Crippen LogP contribution in [0.15, 0.2) is 0 Å². The maximum absolute atomic E-state index is 12.4. The van der Waals surface area contributed by atoms with Crippen molar-refractivity contribution in [3.05, 3.63) is 0 Å². The van der Waals surface area contributed by atoms with Gasteiger partial charge in [0.05, 0.1) is 11.6 Å². The number of ether oxygens (including phenoxy) is 1. The number of nitrogens with one attached hydrogen (secondary N) is 1. The van der Waals surface area contributed by atoms with E-state index in [1.807, 2.05) is 6.92 Å². The molecule has 1 unspecified atom stereocenters. The van der Waals surface area contributed by atoms with Crippen molar-refractivity contribution in [3.8, 4) is 0 Å². The van der Waals surface area contributed by atoms with Crippen LogP contribution in [0.25, 0.3) is 0 Å². The third kappa shape index (κ3) is 5.16. The Kier molecular flexibility index (Phi) is 5.40. The summed E-state index contributed by atoms with van der Waals surface area (Å²) in [5.41, 5.74) is -0.497. The van der Waals surface area contributed by atoms with Gasteiger partial charge in [0.2, 0.25) is 0 Å². The number of hydrogen-bond donors (Lipinski definition) is 1. The molecular formula is C9H19F2NO. The van der Waals surface area contributed by atoms with Crippen LogP contribution in [0.4, 0.5) is 8.78 Å². The van der Waals surface area contributed by atoms with Gasteiger partial charge in [0.25, 0.3) is 6.43 Å². The molecule has 1 N–H and O–H groups in total. The molecule has 0 aromatic carbocycles. The molecule has 0 bridgehead atoms. The lowest BCUT2D eigenvalue weighted by molar-refractivity contribution is -0.0161. The minimum atomic E-state index is -2.34. The maximum Gasteiger partial charge on any atom is 0.253 e. The molecule has 0 aliphatic carbocycles. The summed E-state index contributed by atoms with van der Waals surface area (Å²) in [5, 5.41) is 2.74. The van der Waals surface area contributed by atoms with Crippen LogP contribution in [0, 0.1) is 0 Å². The van der Waals surface area contributed by atoms with Crippen LogP contribution in [0.1, 0.15) is 27.2 Å². The summed E-state index contributed by atoms with van der Waals surface area (Å²) in [6.07, 6.45) is -2.02. The second kappa shape index (κ2) is 5.50. The second-order valence-corrected chi connectivity index (χ2v) is 3.67. The lowest BCUT2D eigenvalue weighted by Crippen LogP contribution is -2.42. The average Bonchev–Trinajstić information content (AvgIpc) is 2.03. The Labute approximate surface area is 78.7 Å². The maximum atomic E-state index is 12.4. The number of hydrogen-bond acceptors (Lipinski definition) is 2. The quantitative estimate of drug-likeness (QED) is 0.700. The lowest BCUT2D eigenvalue weighted by Gasteiger charge is -2.28. The van der Waals surface area contributed by atoms with Crippen molar-refractivity contribution in [3.63, 3.8) is 0 Å². The summed E-state index contributed by atoms with van der Waals surface area (Å²) >= 11 is 0. The van der Waals surface area contributed by atoms with Gasteiger partial charge in [0.1, 0.15) is 0 Å². The van der Waals surface area contributed by atoms with Crippen LogP contribution in [0.3, 0.4) is 0 Å². The molecule has 2 nitrogen and oxygen atoms in total. The number of alkyl halides is 2. The number of rotatable bonds is 6. The molecule has 0 radical (unpaired) electrons. The van der Waals surface area contributed by atoms with E-state index < -0.39 is 18.1 Å². The molecule has 0 rings (SSSR count). The van der Waals surface area contributed by atoms with Crippen LogP contribution >= 0.6 is 0 Å². The molecule has 0 aromatic rings. The molecule has 4 heteroatoms. The third-order valence-corrected chi connectivity index (χ3v) is 2.03. The molecule has 0 aliphatic rings. The zero-order valence-electron chi connectivity index (χ0n) is 8.73. The first-order chi connectivity index (χ1) is 5.93. The number of methoxy groups -OCH3 is 1. The summed E-state index contributed by atoms with van der Waals surface area (Å²) in [6.45, 7) is 5.98. The van der Waals surface area contributed by atoms with Gasteiger partial charge in [0.15, 0.2) is 0 Å². The minimum absolute atomic E-state index is 0.314. The topological polar surface area (TPSA) is 21.3 Å². The van der Waals surface area contributed by atoms with Crippen molar-refractivity contribution in [1.29, 1.82) is 0 Å². The van der Waals surface area contributed by atoms with Crippen molar-refractivity contribution in [2.45, 2.75) is 45.3 Å². The van der Waals surface area contributed by atoms with Gasteiger partial charge < -0.3 is 10.1 Å². The molecule has 0 aromatic heterocycles. The van der Waals surface area contributed by atoms with E-state index in [4.69, 9.17) is 4.74 Å². The molecular weight excluding hydrogens is 176 g/mol. The Morgan fingerprint density at radius 3 is 2.23 bits per heavy atom. The van der Waals surface area contributed by atoms with E-state index in [-0.39, 0.29) is 0 Å². The zero-order valence-corrected chi connectivity index (χ0v) is 8.73. The molecule has 0 spiro atoms. The first-order valence-corrected chi connectivity index (χ1v) is 4.49. The fraction of sp³-hybridized carbons (Fsp3) is 1.00. The monoisotopic (exact) mass is 195 g/mol. The van der Waals surface area contributed by atoms with E-state index in [1.165, 1.54) is 7.11 Å². The highest BCUT2D eigenvalue weighted by atomic mass is 19.3. The molecule has 0 saturated heterocycles. The van der Waals surface area contributed by atoms with Gasteiger partial charge in [-0.05, 0) is 26.8 Å². The Morgan fingerprint density at radius 2 is 1.92 bits per heavy atom. The van der Waals surface area contributed by atoms with E-state index in [1.54, 1.807) is 13.8 Å². The fourth-order valence-electron chi connectivity index (χ4n) is 1.13. The van der Waals surface area contributed by atoms with E-state index in [9.17, 15) is 8.78 Å². The van der Waals surface area contributed by atoms with Crippen LogP contribution in [-0.4, -0.2) is 31.7 Å². The molecule has 0 heterocycles. The summed E-state index contributed by atoms with van der Waals surface area (Å²) in [5.74, 6) is 0. The first kappa shape index (κ1) is 12.8. The number of halogens is 2. The van der Waals surface area contributed by atoms with E-state index >= 15 is 0 Å². The smallest absolute Gasteiger partial charge is 0.253 e. The van der Waals surface area contributed by atoms with Gasteiger partial charge in [-0.25, -0.2) is 8.78 Å². The lowest BCUT2D eigenvalue weighted by atomic mass is 9.99. The van der Waals surface area contributed by atoms with Crippen LogP contribution in [0.5, 0.6) is 0 Å². The van der Waals surface area contributed by atoms with Crippen molar-refractivity contribution < 1.29 is 13.5 Å². The highest BCUT2D eigenvalue weighted by molar-refractivity contribution is 4.79. The van der Waals surface area contributed by atoms with Crippen LogP contribution < -0.4 is 5.32 Å². The highest BCUT2D eigenvalue weighted by Gasteiger charge is 2.28. The third-order valence-electron chi connectivity index (χ3n) is 2.03. The Balaban J connectivity index is 4.08. The molecule has 13 heavy (non-hydrogen) atoms. The Bertz CT molecular complexity index is 140. The summed E-state index contributed by atoms with van der Waals surface area (Å²) < 4.78 is 30.0. The van der Waals surface area contributed by atoms with Gasteiger partial charge in [-0.1, -0.05) is 6.92 Å². The Morgan fingerprint density at radius 1 is 1.38 bits per heavy atom. The SMILES string of the molecule is CCNC(CC(C)(C)OC)C(F)F. The zero-order chi connectivity index (χ0) is 10.5. The van der Waals surface area contributed by atoms with Crippen molar-refractivity contribution in [1.82, 2.24) is 5.32 Å². The largest absolute Gasteiger partial charge is 0.379 e. The molecule has 80 valence electrons. The van der Waals surface area contributed by atoms with Crippen LogP contribution in [-0.2, 0) is 4.74 Å². The highest BCUT2D eigenvalue weighted by Crippen LogP contribution is 2.19. The van der Waals surface area contributed by atoms with Gasteiger partial charge >= 0.3 is 0 Å². The normalized spacial score (nSPS) is 15.0. The Hall–Kier alpha value is -0.220. The summed E-state index contributed by atoms with van der Waals surface area (Å²) in [7, 11) is 1.54. The van der Waals surface area contributed by atoms with Gasteiger partial charge in [0, 0.05) is 7.11 Å². The molecule has 0 amide bonds. The van der Waals surface area contributed by atoms with E-state index in [0.717, 1.165) is 0 Å². The van der Waals surface area contributed by atoms with Crippen molar-refractivity contribution in [2.24, 2.45) is 0 Å². The van der Waals surface area contributed by atoms with E-state index in [0.29, 0.717) is 13.0 Å². The minimum Gasteiger partial charge on any atom is -0.379 e. The van der Waals surface area contributed by atoms with E-state index in [2.05, 4.69) is 5.32 Å². The van der Waals surface area contributed by atoms with Crippen molar-refractivity contribution >= 4 is 0 Å². The molecule has 1 atom stereocenters. The van der Waals surface area contributed by atoms with Gasteiger partial charge in [-0.15, -0.1) is 0 Å². The molecule has 0 saturated carbocycles. The van der Waals surface area contributed by atoms with Gasteiger partial charge in [-0.2, -0.15) is 0 Å². The van der Waals surface area contributed by atoms with Crippen LogP contribution in [0.2, 0.25) is 0 Å². The fourth-order valence-corrected chi connectivity index (χ4v) is 1.13. The van der Waals surface area contributed by atoms with Crippen molar-refractivity contribution in [2.75, 3.05) is 13.7 Å². The molecule has 0 aliphatic heterocycles. The van der Waals surface area contributed by atoms with Gasteiger partial charge in [-0.3, -0.25) is 0 Å². The summed E-state index contributed by atoms with van der Waals surface area (Å²) in [6, 6.07) is -0.778. The standard InChI is InChI=1S/C9H19F2NO/c1-5-12-7(8(10)11)6-9(2,3)13-4/h7-8,12H,5-6H2,1-4H3. The summed E-state index contributed by atoms with van der Waals surface area (Å²) in [4.78, 5) is 0. The average molecular weight is 195 g/mol. The first-order valence-electron chi connectivity index (χ1n) is 4.49. The predicted octanol–water partition coefficient (Wildman–Crippen LogP) is 2.04. The molecule has 0 fully saturated rings. The predicted molar refractivity (Wildman–Crippen MR) is 49.2 cm³/mol.